The summed E-state index contributed by atoms with van der Waals surface area (Å²) in [6.45, 7) is 4.52. The molecule has 2 rings (SSSR count). The zero-order valence-corrected chi connectivity index (χ0v) is 9.34. The monoisotopic (exact) mass is 215 g/mol. The van der Waals surface area contributed by atoms with Crippen LogP contribution in [0.2, 0.25) is 0 Å². The minimum Gasteiger partial charge on any atom is -0.287 e. The molecule has 2 aromatic heterocycles. The summed E-state index contributed by atoms with van der Waals surface area (Å²) in [5, 5.41) is 4.08. The van der Waals surface area contributed by atoms with Crippen LogP contribution in [-0.4, -0.2) is 20.5 Å². The molecule has 2 heterocycles. The average molecular weight is 215 g/mol. The van der Waals surface area contributed by atoms with Gasteiger partial charge < -0.3 is 0 Å². The molecular weight excluding hydrogens is 202 g/mol. The molecule has 0 saturated carbocycles. The smallest absolute Gasteiger partial charge is 0.211 e. The third kappa shape index (κ3) is 1.86. The Labute approximate surface area is 93.9 Å². The third-order valence-electron chi connectivity index (χ3n) is 2.41. The van der Waals surface area contributed by atoms with Gasteiger partial charge in [-0.25, -0.2) is 0 Å². The number of aromatic nitrogens is 3. The van der Waals surface area contributed by atoms with Crippen LogP contribution < -0.4 is 0 Å². The molecule has 0 aliphatic rings. The van der Waals surface area contributed by atoms with E-state index < -0.39 is 0 Å². The van der Waals surface area contributed by atoms with E-state index in [0.717, 1.165) is 5.69 Å². The molecule has 82 valence electrons. The Morgan fingerprint density at radius 1 is 1.38 bits per heavy atom. The maximum Gasteiger partial charge on any atom is 0.211 e. The van der Waals surface area contributed by atoms with Crippen LogP contribution in [0.4, 0.5) is 0 Å². The molecule has 0 bridgehead atoms. The summed E-state index contributed by atoms with van der Waals surface area (Å²) in [6.07, 6.45) is 3.29. The Kier molecular flexibility index (Phi) is 2.81. The van der Waals surface area contributed by atoms with Crippen LogP contribution in [0.15, 0.2) is 30.6 Å². The van der Waals surface area contributed by atoms with Crippen molar-refractivity contribution in [2.24, 2.45) is 0 Å². The fraction of sp³-hybridized carbons (Fsp3) is 0.250. The van der Waals surface area contributed by atoms with Crippen molar-refractivity contribution in [3.05, 3.63) is 47.5 Å². The predicted octanol–water partition coefficient (Wildman–Crippen LogP) is 1.84. The standard InChI is InChI=1S/C12H13N3O/c1-3-15-11(5-7-14-15)12(16)10-4-6-13-9(2)8-10/h4-8H,3H2,1-2H3. The lowest BCUT2D eigenvalue weighted by molar-refractivity contribution is 0.102. The van der Waals surface area contributed by atoms with Gasteiger partial charge in [-0.2, -0.15) is 5.10 Å². The Hall–Kier alpha value is -1.97. The third-order valence-corrected chi connectivity index (χ3v) is 2.41. The molecule has 16 heavy (non-hydrogen) atoms. The molecule has 0 fully saturated rings. The minimum absolute atomic E-state index is 0.00940. The van der Waals surface area contributed by atoms with Crippen molar-refractivity contribution in [1.29, 1.82) is 0 Å². The maximum atomic E-state index is 12.2. The number of hydrogen-bond acceptors (Lipinski definition) is 3. The van der Waals surface area contributed by atoms with E-state index in [0.29, 0.717) is 17.8 Å². The lowest BCUT2D eigenvalue weighted by Crippen LogP contribution is -2.10. The first kappa shape index (κ1) is 10.5. The average Bonchev–Trinajstić information content (AvgIpc) is 2.76. The highest BCUT2D eigenvalue weighted by atomic mass is 16.1. The maximum absolute atomic E-state index is 12.2. The zero-order valence-electron chi connectivity index (χ0n) is 9.34. The zero-order chi connectivity index (χ0) is 11.5. The summed E-state index contributed by atoms with van der Waals surface area (Å²) in [6, 6.07) is 5.25. The molecule has 0 atom stereocenters. The summed E-state index contributed by atoms with van der Waals surface area (Å²) in [7, 11) is 0. The highest BCUT2D eigenvalue weighted by Crippen LogP contribution is 2.09. The molecule has 0 saturated heterocycles. The molecule has 0 amide bonds. The molecule has 0 spiro atoms. The SMILES string of the molecule is CCn1nccc1C(=O)c1ccnc(C)c1. The molecule has 2 aromatic rings. The van der Waals surface area contributed by atoms with Crippen LogP contribution in [-0.2, 0) is 6.54 Å². The van der Waals surface area contributed by atoms with Crippen molar-refractivity contribution in [1.82, 2.24) is 14.8 Å². The quantitative estimate of drug-likeness (QED) is 0.734. The van der Waals surface area contributed by atoms with Crippen molar-refractivity contribution < 1.29 is 4.79 Å². The molecule has 0 aliphatic heterocycles. The van der Waals surface area contributed by atoms with Gasteiger partial charge in [-0.1, -0.05) is 0 Å². The van der Waals surface area contributed by atoms with Crippen LogP contribution in [0.3, 0.4) is 0 Å². The highest BCUT2D eigenvalue weighted by molar-refractivity contribution is 6.07. The van der Waals surface area contributed by atoms with Gasteiger partial charge >= 0.3 is 0 Å². The number of aryl methyl sites for hydroxylation is 2. The van der Waals surface area contributed by atoms with Gasteiger partial charge in [0.05, 0.1) is 0 Å². The Morgan fingerprint density at radius 2 is 2.19 bits per heavy atom. The van der Waals surface area contributed by atoms with Crippen LogP contribution >= 0.6 is 0 Å². The van der Waals surface area contributed by atoms with E-state index in [-0.39, 0.29) is 5.78 Å². The van der Waals surface area contributed by atoms with Gasteiger partial charge in [0.2, 0.25) is 5.78 Å². The second-order valence-corrected chi connectivity index (χ2v) is 3.55. The number of carbonyl (C=O) groups is 1. The van der Waals surface area contributed by atoms with Crippen molar-refractivity contribution in [3.8, 4) is 0 Å². The van der Waals surface area contributed by atoms with Gasteiger partial charge in [0.25, 0.3) is 0 Å². The summed E-state index contributed by atoms with van der Waals surface area (Å²) in [4.78, 5) is 16.2. The van der Waals surface area contributed by atoms with Crippen LogP contribution in [0, 0.1) is 6.92 Å². The van der Waals surface area contributed by atoms with Gasteiger partial charge in [-0.15, -0.1) is 0 Å². The Bertz CT molecular complexity index is 516. The summed E-state index contributed by atoms with van der Waals surface area (Å²) < 4.78 is 1.69. The molecule has 0 unspecified atom stereocenters. The molecule has 0 N–H and O–H groups in total. The molecule has 0 aromatic carbocycles. The largest absolute Gasteiger partial charge is 0.287 e. The Morgan fingerprint density at radius 3 is 2.88 bits per heavy atom. The number of pyridine rings is 1. The van der Waals surface area contributed by atoms with Crippen molar-refractivity contribution in [3.63, 3.8) is 0 Å². The van der Waals surface area contributed by atoms with Crippen molar-refractivity contribution >= 4 is 5.78 Å². The lowest BCUT2D eigenvalue weighted by atomic mass is 10.1. The van der Waals surface area contributed by atoms with Crippen LogP contribution in [0.25, 0.3) is 0 Å². The normalized spacial score (nSPS) is 10.4. The van der Waals surface area contributed by atoms with E-state index >= 15 is 0 Å². The molecule has 0 radical (unpaired) electrons. The number of hydrogen-bond donors (Lipinski definition) is 0. The van der Waals surface area contributed by atoms with E-state index in [1.807, 2.05) is 13.8 Å². The van der Waals surface area contributed by atoms with Gasteiger partial charge in [0.1, 0.15) is 5.69 Å². The number of ketones is 1. The second kappa shape index (κ2) is 4.26. The second-order valence-electron chi connectivity index (χ2n) is 3.55. The molecule has 4 heteroatoms. The fourth-order valence-corrected chi connectivity index (χ4v) is 1.61. The highest BCUT2D eigenvalue weighted by Gasteiger charge is 2.13. The van der Waals surface area contributed by atoms with Gasteiger partial charge in [0, 0.05) is 30.2 Å². The first-order valence-corrected chi connectivity index (χ1v) is 5.21. The van der Waals surface area contributed by atoms with E-state index in [2.05, 4.69) is 10.1 Å². The van der Waals surface area contributed by atoms with Gasteiger partial charge in [0.15, 0.2) is 0 Å². The van der Waals surface area contributed by atoms with E-state index in [1.54, 1.807) is 35.3 Å². The minimum atomic E-state index is -0.00940. The van der Waals surface area contributed by atoms with Gasteiger partial charge in [-0.05, 0) is 32.0 Å². The van der Waals surface area contributed by atoms with Crippen LogP contribution in [0.1, 0.15) is 28.7 Å². The first-order valence-electron chi connectivity index (χ1n) is 5.21. The van der Waals surface area contributed by atoms with E-state index in [9.17, 15) is 4.79 Å². The molecule has 0 aliphatic carbocycles. The predicted molar refractivity (Wildman–Crippen MR) is 60.3 cm³/mol. The molecular formula is C12H13N3O. The first-order chi connectivity index (χ1) is 7.72. The van der Waals surface area contributed by atoms with E-state index in [4.69, 9.17) is 0 Å². The van der Waals surface area contributed by atoms with Crippen LogP contribution in [0.5, 0.6) is 0 Å². The fourth-order valence-electron chi connectivity index (χ4n) is 1.61. The van der Waals surface area contributed by atoms with Gasteiger partial charge in [-0.3, -0.25) is 14.5 Å². The Balaban J connectivity index is 2.39. The summed E-state index contributed by atoms with van der Waals surface area (Å²) >= 11 is 0. The summed E-state index contributed by atoms with van der Waals surface area (Å²) in [5.41, 5.74) is 2.12. The molecule has 4 nitrogen and oxygen atoms in total. The van der Waals surface area contributed by atoms with Crippen molar-refractivity contribution in [2.45, 2.75) is 20.4 Å². The number of carbonyl (C=O) groups excluding carboxylic acids is 1. The van der Waals surface area contributed by atoms with E-state index in [1.165, 1.54) is 0 Å². The number of rotatable bonds is 3. The summed E-state index contributed by atoms with van der Waals surface area (Å²) in [5.74, 6) is -0.00940. The lowest BCUT2D eigenvalue weighted by Gasteiger charge is -2.04. The topological polar surface area (TPSA) is 47.8 Å². The van der Waals surface area contributed by atoms with Crippen molar-refractivity contribution in [2.75, 3.05) is 0 Å². The number of nitrogens with zero attached hydrogens (tertiary/aromatic N) is 3.